The fourth-order valence-corrected chi connectivity index (χ4v) is 2.03. The van der Waals surface area contributed by atoms with Crippen LogP contribution in [0.25, 0.3) is 0 Å². The Morgan fingerprint density at radius 2 is 1.95 bits per heavy atom. The van der Waals surface area contributed by atoms with Gasteiger partial charge in [0.05, 0.1) is 12.3 Å². The highest BCUT2D eigenvalue weighted by Gasteiger charge is 2.23. The summed E-state index contributed by atoms with van der Waals surface area (Å²) in [6.45, 7) is 3.57. The number of aromatic nitrogens is 2. The molecule has 2 aromatic rings. The smallest absolute Gasteiger partial charge is 0.343 e. The molecule has 6 nitrogen and oxygen atoms in total. The number of amides is 1. The van der Waals surface area contributed by atoms with E-state index in [2.05, 4.69) is 10.4 Å². The minimum Gasteiger partial charge on any atom is -0.462 e. The third-order valence-electron chi connectivity index (χ3n) is 3.04. The van der Waals surface area contributed by atoms with Crippen LogP contribution in [0.5, 0.6) is 0 Å². The summed E-state index contributed by atoms with van der Waals surface area (Å²) in [6, 6.07) is 5.10. The summed E-state index contributed by atoms with van der Waals surface area (Å²) in [4.78, 5) is 24.2. The number of hydrogen-bond acceptors (Lipinski definition) is 4. The lowest BCUT2D eigenvalue weighted by Gasteiger charge is -2.08. The largest absolute Gasteiger partial charge is 0.462 e. The Bertz CT molecular complexity index is 708. The average molecular weight is 305 g/mol. The van der Waals surface area contributed by atoms with Crippen molar-refractivity contribution in [3.05, 3.63) is 46.9 Å². The number of anilines is 1. The Labute approximate surface area is 126 Å². The van der Waals surface area contributed by atoms with E-state index >= 15 is 0 Å². The zero-order valence-corrected chi connectivity index (χ0v) is 12.5. The number of rotatable bonds is 4. The van der Waals surface area contributed by atoms with Gasteiger partial charge in [0.25, 0.3) is 5.91 Å². The van der Waals surface area contributed by atoms with Crippen LogP contribution in [0.4, 0.5) is 10.2 Å². The second-order valence-corrected chi connectivity index (χ2v) is 4.61. The van der Waals surface area contributed by atoms with Gasteiger partial charge in [-0.05, 0) is 38.1 Å². The van der Waals surface area contributed by atoms with Gasteiger partial charge >= 0.3 is 5.97 Å². The van der Waals surface area contributed by atoms with Crippen molar-refractivity contribution in [1.29, 1.82) is 0 Å². The van der Waals surface area contributed by atoms with Gasteiger partial charge in [0.15, 0.2) is 0 Å². The van der Waals surface area contributed by atoms with Crippen molar-refractivity contribution in [1.82, 2.24) is 9.78 Å². The van der Waals surface area contributed by atoms with Crippen LogP contribution in [0.1, 0.15) is 33.3 Å². The Morgan fingerprint density at radius 3 is 2.55 bits per heavy atom. The van der Waals surface area contributed by atoms with Crippen molar-refractivity contribution in [2.45, 2.75) is 13.8 Å². The molecule has 0 aliphatic heterocycles. The maximum atomic E-state index is 12.9. The van der Waals surface area contributed by atoms with Crippen molar-refractivity contribution < 1.29 is 18.7 Å². The Morgan fingerprint density at radius 1 is 1.32 bits per heavy atom. The van der Waals surface area contributed by atoms with E-state index in [-0.39, 0.29) is 23.6 Å². The van der Waals surface area contributed by atoms with E-state index in [1.54, 1.807) is 20.9 Å². The lowest BCUT2D eigenvalue weighted by Crippen LogP contribution is -2.17. The number of hydrogen-bond donors (Lipinski definition) is 1. The third kappa shape index (κ3) is 3.13. The number of nitrogens with zero attached hydrogens (tertiary/aromatic N) is 2. The van der Waals surface area contributed by atoms with Crippen LogP contribution in [-0.4, -0.2) is 28.3 Å². The van der Waals surface area contributed by atoms with E-state index in [0.29, 0.717) is 5.69 Å². The first-order chi connectivity index (χ1) is 10.4. The second-order valence-electron chi connectivity index (χ2n) is 4.61. The maximum Gasteiger partial charge on any atom is 0.343 e. The van der Waals surface area contributed by atoms with Crippen LogP contribution in [0.15, 0.2) is 24.3 Å². The SMILES string of the molecule is CCOC(=O)c1c(C)nn(C)c1NC(=O)c1ccc(F)cc1. The fourth-order valence-electron chi connectivity index (χ4n) is 2.03. The molecule has 0 atom stereocenters. The summed E-state index contributed by atoms with van der Waals surface area (Å²) >= 11 is 0. The minimum atomic E-state index is -0.553. The Hall–Kier alpha value is -2.70. The maximum absolute atomic E-state index is 12.9. The molecule has 0 spiro atoms. The molecule has 0 unspecified atom stereocenters. The van der Waals surface area contributed by atoms with Gasteiger partial charge in [0.2, 0.25) is 0 Å². The molecule has 22 heavy (non-hydrogen) atoms. The second kappa shape index (κ2) is 6.38. The first-order valence-electron chi connectivity index (χ1n) is 6.71. The summed E-state index contributed by atoms with van der Waals surface area (Å²) in [5.74, 6) is -1.21. The first-order valence-corrected chi connectivity index (χ1v) is 6.71. The molecule has 0 radical (unpaired) electrons. The molecule has 0 aliphatic rings. The number of esters is 1. The van der Waals surface area contributed by atoms with Gasteiger partial charge in [0, 0.05) is 12.6 Å². The highest BCUT2D eigenvalue weighted by atomic mass is 19.1. The number of carbonyl (C=O) groups excluding carboxylic acids is 2. The number of benzene rings is 1. The topological polar surface area (TPSA) is 73.2 Å². The van der Waals surface area contributed by atoms with Crippen LogP contribution >= 0.6 is 0 Å². The molecule has 1 amide bonds. The van der Waals surface area contributed by atoms with E-state index in [1.807, 2.05) is 0 Å². The van der Waals surface area contributed by atoms with Crippen LogP contribution in [0.3, 0.4) is 0 Å². The molecule has 2 rings (SSSR count). The van der Waals surface area contributed by atoms with Crippen molar-refractivity contribution >= 4 is 17.7 Å². The lowest BCUT2D eigenvalue weighted by atomic mass is 10.2. The molecule has 0 saturated heterocycles. The molecule has 0 bridgehead atoms. The highest BCUT2D eigenvalue weighted by Crippen LogP contribution is 2.20. The molecule has 1 aromatic carbocycles. The first kappa shape index (κ1) is 15.7. The van der Waals surface area contributed by atoms with Gasteiger partial charge < -0.3 is 10.1 Å². The molecular formula is C15H16FN3O3. The van der Waals surface area contributed by atoms with Crippen molar-refractivity contribution in [2.24, 2.45) is 7.05 Å². The van der Waals surface area contributed by atoms with Gasteiger partial charge in [-0.1, -0.05) is 0 Å². The van der Waals surface area contributed by atoms with Gasteiger partial charge in [-0.25, -0.2) is 9.18 Å². The summed E-state index contributed by atoms with van der Waals surface area (Å²) in [6.07, 6.45) is 0. The van der Waals surface area contributed by atoms with Crippen LogP contribution < -0.4 is 5.32 Å². The number of aryl methyl sites for hydroxylation is 2. The summed E-state index contributed by atoms with van der Waals surface area (Å²) < 4.78 is 19.3. The van der Waals surface area contributed by atoms with E-state index in [1.165, 1.54) is 28.9 Å². The zero-order chi connectivity index (χ0) is 16.3. The van der Waals surface area contributed by atoms with E-state index < -0.39 is 17.7 Å². The fraction of sp³-hybridized carbons (Fsp3) is 0.267. The van der Waals surface area contributed by atoms with Gasteiger partial charge in [-0.15, -0.1) is 0 Å². The Balaban J connectivity index is 2.31. The number of halogens is 1. The molecule has 0 aliphatic carbocycles. The van der Waals surface area contributed by atoms with Gasteiger partial charge in [-0.3, -0.25) is 9.48 Å². The normalized spacial score (nSPS) is 10.4. The summed E-state index contributed by atoms with van der Waals surface area (Å²) in [5.41, 5.74) is 0.935. The van der Waals surface area contributed by atoms with Crippen LogP contribution in [-0.2, 0) is 11.8 Å². The summed E-state index contributed by atoms with van der Waals surface area (Å²) in [7, 11) is 1.61. The van der Waals surface area contributed by atoms with E-state index in [4.69, 9.17) is 4.74 Å². The predicted octanol–water partition coefficient (Wildman–Crippen LogP) is 2.30. The van der Waals surface area contributed by atoms with Gasteiger partial charge in [-0.2, -0.15) is 5.10 Å². The summed E-state index contributed by atoms with van der Waals surface area (Å²) in [5, 5.41) is 6.73. The molecule has 1 aromatic heterocycles. The monoisotopic (exact) mass is 305 g/mol. The molecule has 1 heterocycles. The molecule has 7 heteroatoms. The van der Waals surface area contributed by atoms with Crippen molar-refractivity contribution in [3.8, 4) is 0 Å². The average Bonchev–Trinajstić information content (AvgIpc) is 2.74. The van der Waals surface area contributed by atoms with E-state index in [9.17, 15) is 14.0 Å². The number of ether oxygens (including phenoxy) is 1. The van der Waals surface area contributed by atoms with E-state index in [0.717, 1.165) is 0 Å². The molecule has 1 N–H and O–H groups in total. The van der Waals surface area contributed by atoms with Crippen molar-refractivity contribution in [2.75, 3.05) is 11.9 Å². The lowest BCUT2D eigenvalue weighted by molar-refractivity contribution is 0.0526. The van der Waals surface area contributed by atoms with Crippen LogP contribution in [0.2, 0.25) is 0 Å². The Kier molecular flexibility index (Phi) is 4.55. The minimum absolute atomic E-state index is 0.208. The third-order valence-corrected chi connectivity index (χ3v) is 3.04. The number of nitrogens with one attached hydrogen (secondary N) is 1. The number of carbonyl (C=O) groups is 2. The van der Waals surface area contributed by atoms with Crippen molar-refractivity contribution in [3.63, 3.8) is 0 Å². The zero-order valence-electron chi connectivity index (χ0n) is 12.5. The molecule has 116 valence electrons. The standard InChI is InChI=1S/C15H16FN3O3/c1-4-22-15(21)12-9(2)18-19(3)13(12)17-14(20)10-5-7-11(16)8-6-10/h5-8H,4H2,1-3H3,(H,17,20). The van der Waals surface area contributed by atoms with Crippen LogP contribution in [0, 0.1) is 12.7 Å². The quantitative estimate of drug-likeness (QED) is 0.880. The molecule has 0 fully saturated rings. The molecule has 0 saturated carbocycles. The van der Waals surface area contributed by atoms with Gasteiger partial charge in [0.1, 0.15) is 17.2 Å². The molecular weight excluding hydrogens is 289 g/mol. The highest BCUT2D eigenvalue weighted by molar-refractivity contribution is 6.07. The predicted molar refractivity (Wildman–Crippen MR) is 78.3 cm³/mol.